The Bertz CT molecular complexity index is 1500. The SMILES string of the molecule is O=C1NC(=O)C(=Cc2cccc(OC(F)(F)C(F)(F)F)c2)S1.O=C1NC(=O)C(=Cc2cccc(OC(F)(F)C(F)F)c2)S1. The van der Waals surface area contributed by atoms with Crippen molar-refractivity contribution in [1.29, 1.82) is 0 Å². The van der Waals surface area contributed by atoms with Crippen LogP contribution in [0.2, 0.25) is 0 Å². The van der Waals surface area contributed by atoms with Crippen molar-refractivity contribution in [3.8, 4) is 11.5 Å². The molecule has 8 nitrogen and oxygen atoms in total. The van der Waals surface area contributed by atoms with Gasteiger partial charge in [0.1, 0.15) is 11.5 Å². The number of thioether (sulfide) groups is 2. The van der Waals surface area contributed by atoms with E-state index in [1.54, 1.807) is 0 Å². The van der Waals surface area contributed by atoms with E-state index in [0.29, 0.717) is 23.5 Å². The molecule has 0 radical (unpaired) electrons. The monoisotopic (exact) mass is 660 g/mol. The van der Waals surface area contributed by atoms with Crippen LogP contribution in [0.1, 0.15) is 11.1 Å². The lowest BCUT2D eigenvalue weighted by molar-refractivity contribution is -0.360. The first-order valence-electron chi connectivity index (χ1n) is 11.0. The van der Waals surface area contributed by atoms with E-state index < -0.39 is 58.6 Å². The third kappa shape index (κ3) is 9.18. The van der Waals surface area contributed by atoms with Gasteiger partial charge in [0.15, 0.2) is 0 Å². The standard InChI is InChI=1S/C12H6F5NO3S.C12H7F4NO3S/c13-11(14,15)12(16,17)21-7-3-1-2-6(4-7)5-8-9(19)18-10(20)22-8;13-10(14)12(15,16)20-7-3-1-2-6(4-7)5-8-9(18)17-11(19)21-8/h1-5H,(H,18,19,20);1-5,10H,(H,17,18,19). The quantitative estimate of drug-likeness (QED) is 0.247. The van der Waals surface area contributed by atoms with Crippen LogP contribution in [-0.2, 0) is 9.59 Å². The second-order valence-electron chi connectivity index (χ2n) is 7.93. The number of hydrogen-bond donors (Lipinski definition) is 2. The first-order valence-corrected chi connectivity index (χ1v) is 12.7. The summed E-state index contributed by atoms with van der Waals surface area (Å²) < 4.78 is 119. The van der Waals surface area contributed by atoms with Crippen molar-refractivity contribution in [3.63, 3.8) is 0 Å². The molecule has 230 valence electrons. The topological polar surface area (TPSA) is 111 Å². The number of hydrogen-bond acceptors (Lipinski definition) is 8. The minimum Gasteiger partial charge on any atom is -0.428 e. The summed E-state index contributed by atoms with van der Waals surface area (Å²) in [5.41, 5.74) is 0.382. The number of amides is 4. The highest BCUT2D eigenvalue weighted by Crippen LogP contribution is 2.38. The number of benzene rings is 2. The maximum Gasteiger partial charge on any atom is 0.499 e. The molecule has 19 heteroatoms. The van der Waals surface area contributed by atoms with E-state index in [2.05, 4.69) is 9.47 Å². The predicted octanol–water partition coefficient (Wildman–Crippen LogP) is 6.79. The molecular weight excluding hydrogens is 647 g/mol. The van der Waals surface area contributed by atoms with E-state index in [0.717, 1.165) is 24.3 Å². The summed E-state index contributed by atoms with van der Waals surface area (Å²) in [5.74, 6) is -2.51. The molecule has 0 atom stereocenters. The first-order chi connectivity index (χ1) is 19.9. The molecule has 2 aromatic carbocycles. The van der Waals surface area contributed by atoms with E-state index in [1.165, 1.54) is 36.4 Å². The van der Waals surface area contributed by atoms with Crippen LogP contribution in [0.25, 0.3) is 12.2 Å². The molecule has 0 unspecified atom stereocenters. The zero-order valence-corrected chi connectivity index (χ0v) is 22.2. The fourth-order valence-electron chi connectivity index (χ4n) is 2.89. The van der Waals surface area contributed by atoms with Crippen LogP contribution in [0.15, 0.2) is 58.3 Å². The maximum atomic E-state index is 12.8. The molecule has 2 aromatic rings. The number of imide groups is 2. The highest BCUT2D eigenvalue weighted by molar-refractivity contribution is 8.18. The number of rotatable bonds is 7. The van der Waals surface area contributed by atoms with Gasteiger partial charge in [-0.1, -0.05) is 24.3 Å². The molecule has 2 heterocycles. The smallest absolute Gasteiger partial charge is 0.428 e. The Morgan fingerprint density at radius 3 is 1.44 bits per heavy atom. The van der Waals surface area contributed by atoms with Crippen LogP contribution in [0, 0.1) is 0 Å². The van der Waals surface area contributed by atoms with E-state index in [1.807, 2.05) is 10.6 Å². The molecule has 4 amide bonds. The van der Waals surface area contributed by atoms with Gasteiger partial charge < -0.3 is 9.47 Å². The van der Waals surface area contributed by atoms with Gasteiger partial charge in [0.2, 0.25) is 0 Å². The Morgan fingerprint density at radius 2 is 1.09 bits per heavy atom. The van der Waals surface area contributed by atoms with Crippen molar-refractivity contribution in [3.05, 3.63) is 69.5 Å². The molecular formula is C24H13F9N2O6S2. The summed E-state index contributed by atoms with van der Waals surface area (Å²) in [5, 5.41) is 2.84. The zero-order valence-electron chi connectivity index (χ0n) is 20.5. The molecule has 2 N–H and O–H groups in total. The van der Waals surface area contributed by atoms with Gasteiger partial charge in [-0.15, -0.1) is 0 Å². The summed E-state index contributed by atoms with van der Waals surface area (Å²) in [6.45, 7) is 0. The number of carbonyl (C=O) groups is 4. The Kier molecular flexibility index (Phi) is 10.1. The number of halogens is 9. The Morgan fingerprint density at radius 1 is 0.674 bits per heavy atom. The highest BCUT2D eigenvalue weighted by Gasteiger charge is 2.61. The largest absolute Gasteiger partial charge is 0.499 e. The normalized spacial score (nSPS) is 17.6. The van der Waals surface area contributed by atoms with Crippen molar-refractivity contribution in [2.24, 2.45) is 0 Å². The zero-order chi connectivity index (χ0) is 32.2. The van der Waals surface area contributed by atoms with Crippen molar-refractivity contribution < 1.29 is 68.2 Å². The van der Waals surface area contributed by atoms with E-state index in [4.69, 9.17) is 0 Å². The third-order valence-electron chi connectivity index (χ3n) is 4.68. The summed E-state index contributed by atoms with van der Waals surface area (Å²) in [7, 11) is 0. The molecule has 4 rings (SSSR count). The minimum atomic E-state index is -5.85. The first kappa shape index (κ1) is 33.4. The average molecular weight is 660 g/mol. The molecule has 2 aliphatic rings. The lowest BCUT2D eigenvalue weighted by Crippen LogP contribution is -2.41. The molecule has 2 aliphatic heterocycles. The molecule has 0 spiro atoms. The molecule has 0 bridgehead atoms. The van der Waals surface area contributed by atoms with Gasteiger partial charge in [-0.3, -0.25) is 29.8 Å². The van der Waals surface area contributed by atoms with Crippen molar-refractivity contribution >= 4 is 58.0 Å². The van der Waals surface area contributed by atoms with Gasteiger partial charge in [-0.25, -0.2) is 0 Å². The van der Waals surface area contributed by atoms with Gasteiger partial charge in [0.05, 0.1) is 9.81 Å². The fourth-order valence-corrected chi connectivity index (χ4v) is 4.25. The number of nitrogens with one attached hydrogen (secondary N) is 2. The molecule has 43 heavy (non-hydrogen) atoms. The molecule has 0 saturated carbocycles. The minimum absolute atomic E-state index is 0.00951. The van der Waals surface area contributed by atoms with Gasteiger partial charge in [-0.05, 0) is 71.1 Å². The van der Waals surface area contributed by atoms with Crippen LogP contribution in [0.5, 0.6) is 11.5 Å². The van der Waals surface area contributed by atoms with E-state index in [9.17, 15) is 58.7 Å². The highest BCUT2D eigenvalue weighted by atomic mass is 32.2. The summed E-state index contributed by atoms with van der Waals surface area (Å²) in [6.07, 6.45) is -17.3. The second kappa shape index (κ2) is 13.0. The van der Waals surface area contributed by atoms with Crippen molar-refractivity contribution in [2.45, 2.75) is 24.8 Å². The van der Waals surface area contributed by atoms with Crippen LogP contribution < -0.4 is 20.1 Å². The Labute approximate surface area is 242 Å². The molecule has 2 saturated heterocycles. The van der Waals surface area contributed by atoms with Crippen LogP contribution in [0.3, 0.4) is 0 Å². The van der Waals surface area contributed by atoms with E-state index in [-0.39, 0.29) is 20.9 Å². The van der Waals surface area contributed by atoms with Crippen molar-refractivity contribution in [2.75, 3.05) is 0 Å². The Hall–Kier alpha value is -4.13. The lowest BCUT2D eigenvalue weighted by atomic mass is 10.2. The van der Waals surface area contributed by atoms with Gasteiger partial charge in [0.25, 0.3) is 22.3 Å². The molecule has 0 aliphatic carbocycles. The van der Waals surface area contributed by atoms with E-state index >= 15 is 0 Å². The number of ether oxygens (including phenoxy) is 2. The summed E-state index contributed by atoms with van der Waals surface area (Å²) >= 11 is 1.23. The summed E-state index contributed by atoms with van der Waals surface area (Å²) in [4.78, 5) is 44.6. The average Bonchev–Trinajstić information content (AvgIpc) is 3.36. The maximum absolute atomic E-state index is 12.8. The van der Waals surface area contributed by atoms with Gasteiger partial charge >= 0.3 is 24.8 Å². The predicted molar refractivity (Wildman–Crippen MR) is 134 cm³/mol. The van der Waals surface area contributed by atoms with Gasteiger partial charge in [-0.2, -0.15) is 39.5 Å². The van der Waals surface area contributed by atoms with Crippen LogP contribution in [0.4, 0.5) is 49.1 Å². The third-order valence-corrected chi connectivity index (χ3v) is 6.30. The molecule has 0 aromatic heterocycles. The van der Waals surface area contributed by atoms with Crippen LogP contribution in [-0.4, -0.2) is 47.1 Å². The fraction of sp³-hybridized carbons (Fsp3) is 0.167. The van der Waals surface area contributed by atoms with Crippen molar-refractivity contribution in [1.82, 2.24) is 10.6 Å². The molecule has 2 fully saturated rings. The lowest BCUT2D eigenvalue weighted by Gasteiger charge is -2.20. The second-order valence-corrected chi connectivity index (χ2v) is 9.96. The number of alkyl halides is 9. The van der Waals surface area contributed by atoms with Gasteiger partial charge in [0, 0.05) is 0 Å². The number of carbonyl (C=O) groups excluding carboxylic acids is 4. The summed E-state index contributed by atoms with van der Waals surface area (Å²) in [6, 6.07) is 9.19. The van der Waals surface area contributed by atoms with Crippen LogP contribution >= 0.6 is 23.5 Å². The Balaban J connectivity index is 0.000000236.